The van der Waals surface area contributed by atoms with E-state index >= 15 is 0 Å². The lowest BCUT2D eigenvalue weighted by atomic mass is 9.94. The topological polar surface area (TPSA) is 59.1 Å². The van der Waals surface area contributed by atoms with E-state index in [-0.39, 0.29) is 18.0 Å². The molecule has 1 fully saturated rings. The van der Waals surface area contributed by atoms with Gasteiger partial charge < -0.3 is 0 Å². The summed E-state index contributed by atoms with van der Waals surface area (Å²) in [6, 6.07) is 1.35. The number of hydrogen-bond donors (Lipinski definition) is 1. The minimum Gasteiger partial charge on any atom is -0.296 e. The Labute approximate surface area is 106 Å². The van der Waals surface area contributed by atoms with Crippen LogP contribution in [-0.2, 0) is 14.9 Å². The lowest BCUT2D eigenvalue weighted by Crippen LogP contribution is -2.40. The van der Waals surface area contributed by atoms with E-state index in [1.807, 2.05) is 0 Å². The molecule has 1 aromatic heterocycles. The van der Waals surface area contributed by atoms with E-state index in [1.165, 1.54) is 12.3 Å². The highest BCUT2D eigenvalue weighted by Gasteiger charge is 2.31. The number of pyridine rings is 1. The van der Waals surface area contributed by atoms with Crippen LogP contribution in [0, 0.1) is 5.82 Å². The van der Waals surface area contributed by atoms with Crippen LogP contribution in [0.15, 0.2) is 12.3 Å². The number of aromatic nitrogens is 1. The lowest BCUT2D eigenvalue weighted by Gasteiger charge is -2.20. The van der Waals surface area contributed by atoms with Gasteiger partial charge in [0.25, 0.3) is 0 Å². The summed E-state index contributed by atoms with van der Waals surface area (Å²) in [5, 5.41) is 2.70. The number of piperidine rings is 1. The van der Waals surface area contributed by atoms with E-state index < -0.39 is 17.6 Å². The number of alkyl halides is 1. The molecule has 0 radical (unpaired) electrons. The van der Waals surface area contributed by atoms with Gasteiger partial charge in [-0.05, 0) is 18.1 Å². The molecular formula is C11H10BrFN2O2. The fourth-order valence-electron chi connectivity index (χ4n) is 1.77. The summed E-state index contributed by atoms with van der Waals surface area (Å²) in [6.07, 6.45) is 2.05. The molecule has 0 saturated carbocycles. The largest absolute Gasteiger partial charge is 0.296 e. The minimum absolute atomic E-state index is 0.111. The molecule has 1 atom stereocenters. The number of halogens is 2. The predicted octanol–water partition coefficient (Wildman–Crippen LogP) is 1.64. The SMILES string of the molecule is O=C1CCC(c2ncc(CBr)cc2F)C(=O)N1. The average Bonchev–Trinajstić information content (AvgIpc) is 2.30. The zero-order valence-electron chi connectivity index (χ0n) is 8.87. The van der Waals surface area contributed by atoms with Gasteiger partial charge >= 0.3 is 0 Å². The molecule has 0 spiro atoms. The van der Waals surface area contributed by atoms with Crippen molar-refractivity contribution in [3.05, 3.63) is 29.3 Å². The van der Waals surface area contributed by atoms with Gasteiger partial charge in [-0.25, -0.2) is 4.39 Å². The zero-order chi connectivity index (χ0) is 12.4. The maximum atomic E-state index is 13.7. The first kappa shape index (κ1) is 12.2. The minimum atomic E-state index is -0.669. The molecule has 2 rings (SSSR count). The van der Waals surface area contributed by atoms with Crippen LogP contribution in [0.25, 0.3) is 0 Å². The molecule has 6 heteroatoms. The van der Waals surface area contributed by atoms with E-state index in [9.17, 15) is 14.0 Å². The highest BCUT2D eigenvalue weighted by Crippen LogP contribution is 2.25. The highest BCUT2D eigenvalue weighted by molar-refractivity contribution is 9.08. The van der Waals surface area contributed by atoms with Crippen molar-refractivity contribution in [3.63, 3.8) is 0 Å². The lowest BCUT2D eigenvalue weighted by molar-refractivity contribution is -0.134. The van der Waals surface area contributed by atoms with Crippen LogP contribution in [0.5, 0.6) is 0 Å². The number of carbonyl (C=O) groups is 2. The quantitative estimate of drug-likeness (QED) is 0.667. The third-order valence-electron chi connectivity index (χ3n) is 2.65. The van der Waals surface area contributed by atoms with E-state index in [0.29, 0.717) is 17.3 Å². The summed E-state index contributed by atoms with van der Waals surface area (Å²) >= 11 is 3.20. The van der Waals surface area contributed by atoms with E-state index in [4.69, 9.17) is 0 Å². The van der Waals surface area contributed by atoms with Gasteiger partial charge in [0.1, 0.15) is 5.82 Å². The number of hydrogen-bond acceptors (Lipinski definition) is 3. The van der Waals surface area contributed by atoms with Crippen LogP contribution < -0.4 is 5.32 Å². The van der Waals surface area contributed by atoms with Gasteiger partial charge in [-0.1, -0.05) is 15.9 Å². The monoisotopic (exact) mass is 300 g/mol. The number of amides is 2. The fraction of sp³-hybridized carbons (Fsp3) is 0.364. The Morgan fingerprint density at radius 2 is 2.29 bits per heavy atom. The molecule has 2 amide bonds. The van der Waals surface area contributed by atoms with Gasteiger partial charge in [0.05, 0.1) is 11.6 Å². The van der Waals surface area contributed by atoms with Gasteiger partial charge in [0, 0.05) is 17.9 Å². The van der Waals surface area contributed by atoms with Gasteiger partial charge in [-0.15, -0.1) is 0 Å². The van der Waals surface area contributed by atoms with Crippen molar-refractivity contribution in [1.29, 1.82) is 0 Å². The molecule has 1 N–H and O–H groups in total. The Kier molecular flexibility index (Phi) is 3.51. The van der Waals surface area contributed by atoms with Gasteiger partial charge in [0.15, 0.2) is 0 Å². The summed E-state index contributed by atoms with van der Waals surface area (Å²) in [5.74, 6) is -1.96. The van der Waals surface area contributed by atoms with E-state index in [1.54, 1.807) is 0 Å². The molecule has 1 aliphatic heterocycles. The van der Waals surface area contributed by atoms with Crippen molar-refractivity contribution in [2.45, 2.75) is 24.1 Å². The van der Waals surface area contributed by atoms with Gasteiger partial charge in [-0.3, -0.25) is 19.9 Å². The van der Waals surface area contributed by atoms with Crippen LogP contribution in [0.2, 0.25) is 0 Å². The number of rotatable bonds is 2. The molecule has 1 aliphatic rings. The average molecular weight is 301 g/mol. The highest BCUT2D eigenvalue weighted by atomic mass is 79.9. The summed E-state index contributed by atoms with van der Waals surface area (Å²) in [4.78, 5) is 26.5. The summed E-state index contributed by atoms with van der Waals surface area (Å²) < 4.78 is 13.7. The Balaban J connectivity index is 2.28. The van der Waals surface area contributed by atoms with Crippen LogP contribution >= 0.6 is 15.9 Å². The van der Waals surface area contributed by atoms with Crippen LogP contribution in [0.4, 0.5) is 4.39 Å². The maximum absolute atomic E-state index is 13.7. The third kappa shape index (κ3) is 2.52. The number of nitrogens with one attached hydrogen (secondary N) is 1. The van der Waals surface area contributed by atoms with Crippen molar-refractivity contribution in [1.82, 2.24) is 10.3 Å². The summed E-state index contributed by atoms with van der Waals surface area (Å²) in [7, 11) is 0. The van der Waals surface area contributed by atoms with E-state index in [0.717, 1.165) is 0 Å². The fourth-order valence-corrected chi connectivity index (χ4v) is 2.08. The first-order valence-electron chi connectivity index (χ1n) is 5.16. The Hall–Kier alpha value is -1.30. The van der Waals surface area contributed by atoms with Crippen LogP contribution in [0.3, 0.4) is 0 Å². The molecule has 90 valence electrons. The van der Waals surface area contributed by atoms with Gasteiger partial charge in [-0.2, -0.15) is 0 Å². The van der Waals surface area contributed by atoms with E-state index in [2.05, 4.69) is 26.2 Å². The van der Waals surface area contributed by atoms with Crippen molar-refractivity contribution in [3.8, 4) is 0 Å². The third-order valence-corrected chi connectivity index (χ3v) is 3.30. The maximum Gasteiger partial charge on any atom is 0.235 e. The van der Waals surface area contributed by atoms with Gasteiger partial charge in [0.2, 0.25) is 11.8 Å². The van der Waals surface area contributed by atoms with Crippen molar-refractivity contribution >= 4 is 27.7 Å². The first-order chi connectivity index (χ1) is 8.11. The Morgan fingerprint density at radius 3 is 2.88 bits per heavy atom. The second kappa shape index (κ2) is 4.91. The standard InChI is InChI=1S/C11H10BrFN2O2/c12-4-6-3-8(13)10(14-5-6)7-1-2-9(16)15-11(7)17/h3,5,7H,1-2,4H2,(H,15,16,17). The van der Waals surface area contributed by atoms with Crippen molar-refractivity contribution in [2.24, 2.45) is 0 Å². The molecule has 0 aromatic carbocycles. The van der Waals surface area contributed by atoms with Crippen molar-refractivity contribution < 1.29 is 14.0 Å². The van der Waals surface area contributed by atoms with Crippen LogP contribution in [0.1, 0.15) is 30.0 Å². The molecule has 17 heavy (non-hydrogen) atoms. The molecule has 4 nitrogen and oxygen atoms in total. The first-order valence-corrected chi connectivity index (χ1v) is 6.28. The molecule has 0 bridgehead atoms. The zero-order valence-corrected chi connectivity index (χ0v) is 10.5. The number of nitrogens with zero attached hydrogens (tertiary/aromatic N) is 1. The second-order valence-electron chi connectivity index (χ2n) is 3.85. The normalized spacial score (nSPS) is 20.2. The summed E-state index contributed by atoms with van der Waals surface area (Å²) in [6.45, 7) is 0. The molecule has 1 unspecified atom stereocenters. The number of imide groups is 1. The van der Waals surface area contributed by atoms with Crippen molar-refractivity contribution in [2.75, 3.05) is 0 Å². The smallest absolute Gasteiger partial charge is 0.235 e. The molecular weight excluding hydrogens is 291 g/mol. The molecule has 2 heterocycles. The molecule has 1 saturated heterocycles. The summed E-state index contributed by atoms with van der Waals surface area (Å²) in [5.41, 5.74) is 0.818. The predicted molar refractivity (Wildman–Crippen MR) is 62.0 cm³/mol. The Bertz CT molecular complexity index is 479. The molecule has 1 aromatic rings. The number of carbonyl (C=O) groups excluding carboxylic acids is 2. The van der Waals surface area contributed by atoms with Crippen LogP contribution in [-0.4, -0.2) is 16.8 Å². The molecule has 0 aliphatic carbocycles. The second-order valence-corrected chi connectivity index (χ2v) is 4.41. The Morgan fingerprint density at radius 1 is 1.53 bits per heavy atom.